The van der Waals surface area contributed by atoms with Crippen LogP contribution in [0.3, 0.4) is 0 Å². The second kappa shape index (κ2) is 37.0. The number of unbranched alkanes of at least 4 members (excludes halogenated alkanes) is 27. The second-order valence-electron chi connectivity index (χ2n) is 22.0. The monoisotopic (exact) mass is 1080 g/mol. The fraction of sp³-hybridized carbons (Fsp3) is 0.529. The van der Waals surface area contributed by atoms with Gasteiger partial charge in [-0.05, 0) is 106 Å². The molecule has 0 saturated carbocycles. The molecule has 0 aliphatic carbocycles. The maximum Gasteiger partial charge on any atom is 0.328 e. The molecular formula is C70H96N2O7. The van der Waals surface area contributed by atoms with Gasteiger partial charge in [-0.3, -0.25) is 20.2 Å². The van der Waals surface area contributed by atoms with Crippen LogP contribution in [0, 0.1) is 0 Å². The maximum absolute atomic E-state index is 12.2. The zero-order chi connectivity index (χ0) is 55.5. The Labute approximate surface area is 475 Å². The van der Waals surface area contributed by atoms with Crippen molar-refractivity contribution < 1.29 is 33.3 Å². The average Bonchev–Trinajstić information content (AvgIpc) is 3.51. The summed E-state index contributed by atoms with van der Waals surface area (Å²) in [6.07, 6.45) is 39.9. The molecule has 0 unspecified atom stereocenters. The SMILES string of the molecule is CCCCCCCCCCCCOc1cc(COc2ccc(-c3ccc4cc(-c5ccc(C=C6C(=O)NC(=O)NC6=O)cc5)ccc4c3)cc2)cc(OCCCCCCCCCCCC)c1OCCCCCCCCCCCC. The first kappa shape index (κ1) is 62.1. The van der Waals surface area contributed by atoms with Crippen LogP contribution in [0.15, 0.2) is 103 Å². The lowest BCUT2D eigenvalue weighted by Gasteiger charge is -2.19. The highest BCUT2D eigenvalue weighted by Gasteiger charge is 2.27. The summed E-state index contributed by atoms with van der Waals surface area (Å²) in [4.78, 5) is 35.9. The van der Waals surface area contributed by atoms with E-state index in [2.05, 4.69) is 92.1 Å². The lowest BCUT2D eigenvalue weighted by molar-refractivity contribution is -0.123. The summed E-state index contributed by atoms with van der Waals surface area (Å²) in [5, 5.41) is 6.46. The van der Waals surface area contributed by atoms with Gasteiger partial charge in [0.2, 0.25) is 5.75 Å². The normalized spacial score (nSPS) is 12.4. The number of benzene rings is 5. The highest BCUT2D eigenvalue weighted by Crippen LogP contribution is 2.40. The van der Waals surface area contributed by atoms with E-state index < -0.39 is 17.8 Å². The van der Waals surface area contributed by atoms with Gasteiger partial charge in [-0.2, -0.15) is 0 Å². The number of imide groups is 2. The molecular weight excluding hydrogens is 981 g/mol. The summed E-state index contributed by atoms with van der Waals surface area (Å²) in [5.74, 6) is 1.63. The number of fused-ring (bicyclic) bond motifs is 1. The third kappa shape index (κ3) is 22.9. The number of urea groups is 1. The van der Waals surface area contributed by atoms with E-state index in [1.165, 1.54) is 179 Å². The molecule has 0 radical (unpaired) electrons. The summed E-state index contributed by atoms with van der Waals surface area (Å²) in [7, 11) is 0. The van der Waals surface area contributed by atoms with Crippen LogP contribution in [0.2, 0.25) is 0 Å². The molecule has 0 bridgehead atoms. The van der Waals surface area contributed by atoms with Crippen molar-refractivity contribution in [3.05, 3.63) is 114 Å². The number of hydrogen-bond acceptors (Lipinski definition) is 7. The molecule has 2 N–H and O–H groups in total. The fourth-order valence-electron chi connectivity index (χ4n) is 10.4. The van der Waals surface area contributed by atoms with E-state index in [1.54, 1.807) is 0 Å². The van der Waals surface area contributed by atoms with Gasteiger partial charge in [-0.25, -0.2) is 4.79 Å². The van der Waals surface area contributed by atoms with E-state index >= 15 is 0 Å². The molecule has 1 heterocycles. The van der Waals surface area contributed by atoms with E-state index in [9.17, 15) is 14.4 Å². The minimum Gasteiger partial charge on any atom is -0.490 e. The van der Waals surface area contributed by atoms with Crippen LogP contribution in [0.5, 0.6) is 23.0 Å². The van der Waals surface area contributed by atoms with Crippen LogP contribution >= 0.6 is 0 Å². The van der Waals surface area contributed by atoms with Crippen molar-refractivity contribution in [2.24, 2.45) is 0 Å². The van der Waals surface area contributed by atoms with Crippen molar-refractivity contribution in [2.75, 3.05) is 19.8 Å². The molecule has 0 spiro atoms. The Morgan fingerprint density at radius 2 is 0.722 bits per heavy atom. The van der Waals surface area contributed by atoms with E-state index in [4.69, 9.17) is 18.9 Å². The number of ether oxygens (including phenoxy) is 4. The predicted octanol–water partition coefficient (Wildman–Crippen LogP) is 19.4. The Hall–Kier alpha value is -6.09. The summed E-state index contributed by atoms with van der Waals surface area (Å²) < 4.78 is 26.5. The topological polar surface area (TPSA) is 112 Å². The number of nitrogens with one attached hydrogen (secondary N) is 2. The maximum atomic E-state index is 12.2. The van der Waals surface area contributed by atoms with Gasteiger partial charge in [0.1, 0.15) is 17.9 Å². The highest BCUT2D eigenvalue weighted by molar-refractivity contribution is 6.31. The minimum atomic E-state index is -0.814. The van der Waals surface area contributed by atoms with Gasteiger partial charge in [0.25, 0.3) is 11.8 Å². The van der Waals surface area contributed by atoms with Crippen LogP contribution in [0.25, 0.3) is 39.1 Å². The van der Waals surface area contributed by atoms with Gasteiger partial charge in [0, 0.05) is 0 Å². The van der Waals surface area contributed by atoms with Gasteiger partial charge in [-0.1, -0.05) is 255 Å². The van der Waals surface area contributed by atoms with Crippen LogP contribution in [0.4, 0.5) is 4.79 Å². The minimum absolute atomic E-state index is 0.111. The van der Waals surface area contributed by atoms with Crippen LogP contribution in [0.1, 0.15) is 225 Å². The third-order valence-corrected chi connectivity index (χ3v) is 15.3. The molecule has 1 aliphatic heterocycles. The van der Waals surface area contributed by atoms with Crippen molar-refractivity contribution in [3.8, 4) is 45.3 Å². The van der Waals surface area contributed by atoms with Gasteiger partial charge in [0.15, 0.2) is 11.5 Å². The Morgan fingerprint density at radius 3 is 1.13 bits per heavy atom. The molecule has 9 heteroatoms. The Kier molecular flexibility index (Phi) is 29.1. The average molecular weight is 1080 g/mol. The smallest absolute Gasteiger partial charge is 0.328 e. The Balaban J connectivity index is 1.09. The molecule has 6 rings (SSSR count). The largest absolute Gasteiger partial charge is 0.490 e. The number of amides is 4. The van der Waals surface area contributed by atoms with E-state index in [-0.39, 0.29) is 5.57 Å². The molecule has 4 amide bonds. The van der Waals surface area contributed by atoms with E-state index in [1.807, 2.05) is 36.4 Å². The highest BCUT2D eigenvalue weighted by atomic mass is 16.5. The molecule has 1 aliphatic rings. The number of hydrogen-bond donors (Lipinski definition) is 2. The first-order chi connectivity index (χ1) is 38.8. The van der Waals surface area contributed by atoms with Gasteiger partial charge in [0.05, 0.1) is 19.8 Å². The zero-order valence-corrected chi connectivity index (χ0v) is 48.7. The first-order valence-electron chi connectivity index (χ1n) is 31.2. The van der Waals surface area contributed by atoms with Gasteiger partial charge in [-0.15, -0.1) is 0 Å². The van der Waals surface area contributed by atoms with Crippen molar-refractivity contribution >= 4 is 34.7 Å². The van der Waals surface area contributed by atoms with Crippen molar-refractivity contribution in [2.45, 2.75) is 220 Å². The molecule has 0 atom stereocenters. The quantitative estimate of drug-likeness (QED) is 0.0227. The molecule has 1 saturated heterocycles. The summed E-state index contributed by atoms with van der Waals surface area (Å²) in [6.45, 7) is 9.16. The van der Waals surface area contributed by atoms with Gasteiger partial charge < -0.3 is 18.9 Å². The standard InChI is InChI=1S/C70H96N2O7/c1-4-7-10-13-16-19-22-25-28-31-46-76-65-50-56(51-66(77-47-32-29-26-23-20-17-14-11-8-5-2)67(65)78-48-33-30-27-24-21-18-15-12-9-6-3)54-79-63-44-42-58(43-45-63)60-39-41-61-52-59(38-40-62(61)53-60)57-36-34-55(35-37-57)49-64-68(73)71-70(75)72-69(64)74/h34-45,49-53H,4-33,46-48,54H2,1-3H3,(H2,71,72,73,74,75). The molecule has 9 nitrogen and oxygen atoms in total. The van der Waals surface area contributed by atoms with Crippen molar-refractivity contribution in [3.63, 3.8) is 0 Å². The number of carbonyl (C=O) groups excluding carboxylic acids is 3. The van der Waals surface area contributed by atoms with Gasteiger partial charge >= 0.3 is 6.03 Å². The van der Waals surface area contributed by atoms with Crippen LogP contribution in [-0.2, 0) is 16.2 Å². The summed E-state index contributed by atoms with van der Waals surface area (Å²) >= 11 is 0. The van der Waals surface area contributed by atoms with Crippen molar-refractivity contribution in [1.82, 2.24) is 10.6 Å². The zero-order valence-electron chi connectivity index (χ0n) is 48.7. The molecule has 5 aromatic carbocycles. The Morgan fingerprint density at radius 1 is 0.367 bits per heavy atom. The number of carbonyl (C=O) groups is 3. The van der Waals surface area contributed by atoms with Crippen LogP contribution < -0.4 is 29.6 Å². The molecule has 0 aromatic heterocycles. The number of barbiturate groups is 1. The van der Waals surface area contributed by atoms with Crippen molar-refractivity contribution in [1.29, 1.82) is 0 Å². The lowest BCUT2D eigenvalue weighted by atomic mass is 9.97. The van der Waals surface area contributed by atoms with Crippen LogP contribution in [-0.4, -0.2) is 37.7 Å². The fourth-order valence-corrected chi connectivity index (χ4v) is 10.4. The predicted molar refractivity (Wildman–Crippen MR) is 327 cm³/mol. The van der Waals surface area contributed by atoms with E-state index in [0.29, 0.717) is 32.0 Å². The molecule has 79 heavy (non-hydrogen) atoms. The Bertz CT molecular complexity index is 2520. The molecule has 5 aromatic rings. The second-order valence-corrected chi connectivity index (χ2v) is 22.0. The summed E-state index contributed by atoms with van der Waals surface area (Å²) in [6, 6.07) is 32.3. The summed E-state index contributed by atoms with van der Waals surface area (Å²) in [5.41, 5.74) is 5.82. The first-order valence-corrected chi connectivity index (χ1v) is 31.2. The molecule has 1 fully saturated rings. The third-order valence-electron chi connectivity index (χ3n) is 15.3. The van der Waals surface area contributed by atoms with E-state index in [0.717, 1.165) is 80.9 Å². The lowest BCUT2D eigenvalue weighted by Crippen LogP contribution is -2.51. The number of rotatable bonds is 42. The molecule has 428 valence electrons.